The first-order valence-electron chi connectivity index (χ1n) is 6.52. The van der Waals surface area contributed by atoms with Crippen LogP contribution in [0.5, 0.6) is 0 Å². The van der Waals surface area contributed by atoms with Gasteiger partial charge in [-0.25, -0.2) is 17.9 Å². The Balaban J connectivity index is 2.52. The van der Waals surface area contributed by atoms with Crippen molar-refractivity contribution >= 4 is 16.1 Å². The van der Waals surface area contributed by atoms with Crippen LogP contribution in [0.15, 0.2) is 0 Å². The normalized spacial score (nSPS) is 21.9. The number of nitrogens with zero attached hydrogens (tertiary/aromatic N) is 1. The molecule has 0 spiro atoms. The highest BCUT2D eigenvalue weighted by molar-refractivity contribution is 7.88. The molecule has 1 rings (SSSR count). The summed E-state index contributed by atoms with van der Waals surface area (Å²) in [4.78, 5) is 13.6. The molecule has 0 saturated carbocycles. The number of sulfonamides is 1. The van der Waals surface area contributed by atoms with Crippen LogP contribution in [-0.4, -0.2) is 50.4 Å². The van der Waals surface area contributed by atoms with Gasteiger partial charge in [-0.3, -0.25) is 0 Å². The molecule has 0 aromatic heterocycles. The minimum absolute atomic E-state index is 0.0950. The zero-order chi connectivity index (χ0) is 14.7. The molecule has 1 aliphatic rings. The van der Waals surface area contributed by atoms with Crippen LogP contribution in [0.3, 0.4) is 0 Å². The van der Waals surface area contributed by atoms with Gasteiger partial charge < -0.3 is 9.64 Å². The zero-order valence-electron chi connectivity index (χ0n) is 12.1. The molecule has 112 valence electrons. The van der Waals surface area contributed by atoms with Crippen molar-refractivity contribution in [2.75, 3.05) is 19.3 Å². The summed E-state index contributed by atoms with van der Waals surface area (Å²) in [7, 11) is -3.19. The van der Waals surface area contributed by atoms with E-state index in [1.807, 2.05) is 20.8 Å². The third-order valence-electron chi connectivity index (χ3n) is 2.76. The van der Waals surface area contributed by atoms with E-state index >= 15 is 0 Å². The Labute approximate surface area is 115 Å². The summed E-state index contributed by atoms with van der Waals surface area (Å²) in [5, 5.41) is 0. The lowest BCUT2D eigenvalue weighted by molar-refractivity contribution is 0.0256. The number of hydrogen-bond acceptors (Lipinski definition) is 4. The Morgan fingerprint density at radius 1 is 1.26 bits per heavy atom. The fourth-order valence-corrected chi connectivity index (χ4v) is 2.87. The number of rotatable bonds is 2. The lowest BCUT2D eigenvalue weighted by atomic mass is 10.1. The summed E-state index contributed by atoms with van der Waals surface area (Å²) in [6.07, 6.45) is 2.96. The van der Waals surface area contributed by atoms with E-state index < -0.39 is 15.6 Å². The Bertz CT molecular complexity index is 414. The van der Waals surface area contributed by atoms with Gasteiger partial charge in [0.2, 0.25) is 10.0 Å². The topological polar surface area (TPSA) is 75.7 Å². The van der Waals surface area contributed by atoms with E-state index in [-0.39, 0.29) is 12.1 Å². The molecule has 1 unspecified atom stereocenters. The molecule has 1 heterocycles. The molecule has 1 saturated heterocycles. The largest absolute Gasteiger partial charge is 0.444 e. The number of amides is 1. The van der Waals surface area contributed by atoms with E-state index in [2.05, 4.69) is 4.72 Å². The van der Waals surface area contributed by atoms with Crippen molar-refractivity contribution in [1.29, 1.82) is 0 Å². The standard InChI is InChI=1S/C12H24N2O4S/c1-12(2,3)18-11(15)14-8-5-6-10(7-9-14)13-19(4,16)17/h10,13H,5-9H2,1-4H3. The van der Waals surface area contributed by atoms with Gasteiger partial charge in [-0.1, -0.05) is 0 Å². The highest BCUT2D eigenvalue weighted by atomic mass is 32.2. The molecule has 1 amide bonds. The van der Waals surface area contributed by atoms with Crippen LogP contribution in [0.1, 0.15) is 40.0 Å². The van der Waals surface area contributed by atoms with Gasteiger partial charge in [0.25, 0.3) is 0 Å². The number of nitrogens with one attached hydrogen (secondary N) is 1. The summed E-state index contributed by atoms with van der Waals surface area (Å²) in [6, 6.07) is -0.0950. The molecule has 19 heavy (non-hydrogen) atoms. The SMILES string of the molecule is CC(C)(C)OC(=O)N1CCCC(NS(C)(=O)=O)CC1. The lowest BCUT2D eigenvalue weighted by Gasteiger charge is -2.26. The van der Waals surface area contributed by atoms with E-state index in [1.165, 1.54) is 0 Å². The van der Waals surface area contributed by atoms with Crippen LogP contribution >= 0.6 is 0 Å². The number of ether oxygens (including phenoxy) is 1. The molecule has 0 radical (unpaired) electrons. The predicted octanol–water partition coefficient (Wildman–Crippen LogP) is 1.33. The Kier molecular flexibility index (Phi) is 5.20. The van der Waals surface area contributed by atoms with Gasteiger partial charge in [-0.2, -0.15) is 0 Å². The fraction of sp³-hybridized carbons (Fsp3) is 0.917. The van der Waals surface area contributed by atoms with E-state index in [4.69, 9.17) is 4.74 Å². The van der Waals surface area contributed by atoms with E-state index in [1.54, 1.807) is 4.90 Å². The molecule has 6 nitrogen and oxygen atoms in total. The summed E-state index contributed by atoms with van der Waals surface area (Å²) in [5.41, 5.74) is -0.506. The van der Waals surface area contributed by atoms with Gasteiger partial charge in [0, 0.05) is 19.1 Å². The van der Waals surface area contributed by atoms with Gasteiger partial charge in [0.15, 0.2) is 0 Å². The first-order chi connectivity index (χ1) is 8.57. The molecule has 0 aromatic rings. The Hall–Kier alpha value is -0.820. The van der Waals surface area contributed by atoms with Crippen LogP contribution in [0.4, 0.5) is 4.79 Å². The van der Waals surface area contributed by atoms with Gasteiger partial charge in [-0.05, 0) is 40.0 Å². The van der Waals surface area contributed by atoms with Gasteiger partial charge in [0.1, 0.15) is 5.60 Å². The second kappa shape index (κ2) is 6.09. The molecule has 7 heteroatoms. The van der Waals surface area contributed by atoms with Crippen molar-refractivity contribution in [2.45, 2.75) is 51.7 Å². The van der Waals surface area contributed by atoms with E-state index in [0.29, 0.717) is 19.5 Å². The van der Waals surface area contributed by atoms with Gasteiger partial charge in [-0.15, -0.1) is 0 Å². The molecule has 1 fully saturated rings. The first-order valence-corrected chi connectivity index (χ1v) is 8.41. The van der Waals surface area contributed by atoms with Crippen LogP contribution in [0.2, 0.25) is 0 Å². The maximum atomic E-state index is 11.9. The Morgan fingerprint density at radius 3 is 2.42 bits per heavy atom. The van der Waals surface area contributed by atoms with Crippen molar-refractivity contribution in [2.24, 2.45) is 0 Å². The van der Waals surface area contributed by atoms with Crippen LogP contribution in [0.25, 0.3) is 0 Å². The quantitative estimate of drug-likeness (QED) is 0.833. The van der Waals surface area contributed by atoms with Crippen molar-refractivity contribution < 1.29 is 17.9 Å². The first kappa shape index (κ1) is 16.2. The fourth-order valence-electron chi connectivity index (χ4n) is 2.03. The maximum absolute atomic E-state index is 11.9. The third kappa shape index (κ3) is 6.77. The lowest BCUT2D eigenvalue weighted by Crippen LogP contribution is -2.38. The summed E-state index contributed by atoms with van der Waals surface area (Å²) in [6.45, 7) is 6.61. The zero-order valence-corrected chi connectivity index (χ0v) is 12.9. The molecule has 0 aliphatic carbocycles. The molecule has 0 aromatic carbocycles. The minimum Gasteiger partial charge on any atom is -0.444 e. The molecule has 1 aliphatic heterocycles. The third-order valence-corrected chi connectivity index (χ3v) is 3.52. The van der Waals surface area contributed by atoms with E-state index in [9.17, 15) is 13.2 Å². The predicted molar refractivity (Wildman–Crippen MR) is 73.4 cm³/mol. The molecular formula is C12H24N2O4S. The second-order valence-electron chi connectivity index (χ2n) is 5.99. The number of carbonyl (C=O) groups excluding carboxylic acids is 1. The highest BCUT2D eigenvalue weighted by Crippen LogP contribution is 2.15. The minimum atomic E-state index is -3.19. The number of carbonyl (C=O) groups is 1. The number of hydrogen-bond donors (Lipinski definition) is 1. The molecule has 0 bridgehead atoms. The molecular weight excluding hydrogens is 268 g/mol. The average Bonchev–Trinajstić information content (AvgIpc) is 2.38. The van der Waals surface area contributed by atoms with Gasteiger partial charge in [0.05, 0.1) is 6.26 Å². The summed E-state index contributed by atoms with van der Waals surface area (Å²) >= 11 is 0. The Morgan fingerprint density at radius 2 is 1.89 bits per heavy atom. The average molecular weight is 292 g/mol. The van der Waals surface area contributed by atoms with Crippen LogP contribution < -0.4 is 4.72 Å². The van der Waals surface area contributed by atoms with Crippen molar-refractivity contribution in [3.8, 4) is 0 Å². The van der Waals surface area contributed by atoms with Crippen molar-refractivity contribution in [3.63, 3.8) is 0 Å². The van der Waals surface area contributed by atoms with Crippen molar-refractivity contribution in [1.82, 2.24) is 9.62 Å². The van der Waals surface area contributed by atoms with E-state index in [0.717, 1.165) is 19.1 Å². The molecule has 1 atom stereocenters. The highest BCUT2D eigenvalue weighted by Gasteiger charge is 2.25. The van der Waals surface area contributed by atoms with Crippen LogP contribution in [0, 0.1) is 0 Å². The van der Waals surface area contributed by atoms with Crippen LogP contribution in [-0.2, 0) is 14.8 Å². The molecule has 1 N–H and O–H groups in total. The smallest absolute Gasteiger partial charge is 0.410 e. The second-order valence-corrected chi connectivity index (χ2v) is 7.77. The maximum Gasteiger partial charge on any atom is 0.410 e. The summed E-state index contributed by atoms with van der Waals surface area (Å²) in [5.74, 6) is 0. The van der Waals surface area contributed by atoms with Crippen molar-refractivity contribution in [3.05, 3.63) is 0 Å². The summed E-state index contributed by atoms with van der Waals surface area (Å²) < 4.78 is 30.3. The number of likely N-dealkylation sites (tertiary alicyclic amines) is 1. The van der Waals surface area contributed by atoms with Gasteiger partial charge >= 0.3 is 6.09 Å². The monoisotopic (exact) mass is 292 g/mol.